The fourth-order valence-corrected chi connectivity index (χ4v) is 3.28. The van der Waals surface area contributed by atoms with Gasteiger partial charge in [-0.05, 0) is 35.9 Å². The van der Waals surface area contributed by atoms with Crippen LogP contribution in [0.4, 0.5) is 5.69 Å². The van der Waals surface area contributed by atoms with Crippen LogP contribution in [0.1, 0.15) is 21.5 Å². The van der Waals surface area contributed by atoms with E-state index in [1.807, 2.05) is 6.07 Å². The lowest BCUT2D eigenvalue weighted by Crippen LogP contribution is -2.04. The summed E-state index contributed by atoms with van der Waals surface area (Å²) in [6, 6.07) is 8.68. The molecule has 0 bridgehead atoms. The Bertz CT molecular complexity index is 789. The number of rotatable bonds is 2. The highest BCUT2D eigenvalue weighted by molar-refractivity contribution is 9.11. The molecule has 3 nitrogen and oxygen atoms in total. The van der Waals surface area contributed by atoms with Crippen LogP contribution in [-0.2, 0) is 11.2 Å². The number of hydrogen-bond acceptors (Lipinski definition) is 2. The molecule has 0 saturated carbocycles. The maximum atomic E-state index is 12.7. The predicted octanol–water partition coefficient (Wildman–Crippen LogP) is 4.59. The van der Waals surface area contributed by atoms with Crippen molar-refractivity contribution in [3.05, 3.63) is 61.0 Å². The molecule has 2 aromatic carbocycles. The van der Waals surface area contributed by atoms with Gasteiger partial charge in [0.15, 0.2) is 5.78 Å². The summed E-state index contributed by atoms with van der Waals surface area (Å²) in [5.74, 6) is -0.273. The number of halogens is 3. The highest BCUT2D eigenvalue weighted by Crippen LogP contribution is 2.32. The molecule has 0 radical (unpaired) electrons. The Labute approximate surface area is 142 Å². The van der Waals surface area contributed by atoms with Crippen LogP contribution < -0.4 is 5.32 Å². The molecule has 0 saturated heterocycles. The molecule has 0 aliphatic carbocycles. The average molecular weight is 429 g/mol. The molecule has 0 aromatic heterocycles. The zero-order valence-corrected chi connectivity index (χ0v) is 14.5. The van der Waals surface area contributed by atoms with Gasteiger partial charge in [0.1, 0.15) is 0 Å². The largest absolute Gasteiger partial charge is 0.325 e. The van der Waals surface area contributed by atoms with Gasteiger partial charge in [-0.2, -0.15) is 0 Å². The average Bonchev–Trinajstić information content (AvgIpc) is 2.79. The molecule has 3 rings (SSSR count). The van der Waals surface area contributed by atoms with Crippen LogP contribution in [0.5, 0.6) is 0 Å². The second kappa shape index (κ2) is 5.55. The first-order chi connectivity index (χ1) is 9.95. The lowest BCUT2D eigenvalue weighted by Gasteiger charge is -2.09. The fraction of sp³-hybridized carbons (Fsp3) is 0.0667. The third-order valence-corrected chi connectivity index (χ3v) is 4.73. The molecule has 2 aromatic rings. The Morgan fingerprint density at radius 2 is 1.90 bits per heavy atom. The van der Waals surface area contributed by atoms with E-state index < -0.39 is 0 Å². The highest BCUT2D eigenvalue weighted by Gasteiger charge is 2.23. The molecule has 1 aliphatic heterocycles. The number of anilines is 1. The number of nitrogens with one attached hydrogen (secondary N) is 1. The van der Waals surface area contributed by atoms with E-state index in [0.717, 1.165) is 10.0 Å². The van der Waals surface area contributed by atoms with Gasteiger partial charge in [-0.1, -0.05) is 43.5 Å². The van der Waals surface area contributed by atoms with E-state index in [4.69, 9.17) is 11.6 Å². The van der Waals surface area contributed by atoms with Crippen LogP contribution in [0.3, 0.4) is 0 Å². The molecule has 1 N–H and O–H groups in total. The summed E-state index contributed by atoms with van der Waals surface area (Å²) in [6.45, 7) is 0. The van der Waals surface area contributed by atoms with Gasteiger partial charge in [-0.3, -0.25) is 9.59 Å². The number of hydrogen-bond donors (Lipinski definition) is 1. The van der Waals surface area contributed by atoms with Crippen LogP contribution in [0.15, 0.2) is 39.3 Å². The molecule has 0 fully saturated rings. The molecule has 0 unspecified atom stereocenters. The minimum atomic E-state index is -0.185. The van der Waals surface area contributed by atoms with E-state index in [1.54, 1.807) is 24.3 Å². The number of benzene rings is 2. The van der Waals surface area contributed by atoms with E-state index in [1.165, 1.54) is 0 Å². The normalized spacial score (nSPS) is 13.0. The van der Waals surface area contributed by atoms with Crippen molar-refractivity contribution in [3.8, 4) is 0 Å². The Hall–Kier alpha value is -1.17. The second-order valence-corrected chi connectivity index (χ2v) is 6.84. The summed E-state index contributed by atoms with van der Waals surface area (Å²) in [7, 11) is 0. The standard InChI is InChI=1S/C15H8Br2ClNO2/c16-8-1-2-11(17)9(5-8)15(21)10-3-7-4-14(20)19-13(7)6-12(10)18/h1-3,5-6H,4H2,(H,19,20). The molecule has 106 valence electrons. The molecule has 0 spiro atoms. The smallest absolute Gasteiger partial charge is 0.228 e. The Kier molecular flexibility index (Phi) is 3.90. The lowest BCUT2D eigenvalue weighted by atomic mass is 10.00. The Morgan fingerprint density at radius 1 is 1.14 bits per heavy atom. The Morgan fingerprint density at radius 3 is 2.67 bits per heavy atom. The minimum Gasteiger partial charge on any atom is -0.325 e. The van der Waals surface area contributed by atoms with Crippen molar-refractivity contribution in [1.29, 1.82) is 0 Å². The summed E-state index contributed by atoms with van der Waals surface area (Å²) >= 11 is 12.9. The third-order valence-electron chi connectivity index (χ3n) is 3.24. The first-order valence-corrected chi connectivity index (χ1v) is 8.04. The summed E-state index contributed by atoms with van der Waals surface area (Å²) in [6.07, 6.45) is 0.270. The molecule has 6 heteroatoms. The minimum absolute atomic E-state index is 0.0886. The molecule has 1 heterocycles. The van der Waals surface area contributed by atoms with Crippen molar-refractivity contribution in [2.75, 3.05) is 5.32 Å². The van der Waals surface area contributed by atoms with Gasteiger partial charge >= 0.3 is 0 Å². The van der Waals surface area contributed by atoms with Gasteiger partial charge in [-0.15, -0.1) is 0 Å². The summed E-state index contributed by atoms with van der Waals surface area (Å²) in [5, 5.41) is 3.04. The molecule has 0 atom stereocenters. The number of ketones is 1. The van der Waals surface area contributed by atoms with Gasteiger partial charge in [0, 0.05) is 25.8 Å². The highest BCUT2D eigenvalue weighted by atomic mass is 79.9. The van der Waals surface area contributed by atoms with Crippen LogP contribution in [0.2, 0.25) is 5.02 Å². The molecule has 21 heavy (non-hydrogen) atoms. The maximum Gasteiger partial charge on any atom is 0.228 e. The van der Waals surface area contributed by atoms with Gasteiger partial charge < -0.3 is 5.32 Å². The van der Waals surface area contributed by atoms with Gasteiger partial charge in [0.2, 0.25) is 5.91 Å². The number of amides is 1. The lowest BCUT2D eigenvalue weighted by molar-refractivity contribution is -0.115. The van der Waals surface area contributed by atoms with E-state index in [-0.39, 0.29) is 18.1 Å². The maximum absolute atomic E-state index is 12.7. The topological polar surface area (TPSA) is 46.2 Å². The van der Waals surface area contributed by atoms with E-state index in [9.17, 15) is 9.59 Å². The zero-order chi connectivity index (χ0) is 15.1. The van der Waals surface area contributed by atoms with Crippen LogP contribution >= 0.6 is 43.5 Å². The molecule has 1 aliphatic rings. The molecular formula is C15H8Br2ClNO2. The second-order valence-electron chi connectivity index (χ2n) is 4.67. The van der Waals surface area contributed by atoms with Crippen molar-refractivity contribution >= 4 is 60.8 Å². The first-order valence-electron chi connectivity index (χ1n) is 6.08. The van der Waals surface area contributed by atoms with E-state index >= 15 is 0 Å². The number of carbonyl (C=O) groups is 2. The monoisotopic (exact) mass is 427 g/mol. The quantitative estimate of drug-likeness (QED) is 0.710. The predicted molar refractivity (Wildman–Crippen MR) is 89.1 cm³/mol. The molecule has 1 amide bonds. The SMILES string of the molecule is O=C1Cc2cc(C(=O)c3cc(Br)ccc3Br)c(Cl)cc2N1. The van der Waals surface area contributed by atoms with Crippen LogP contribution in [0.25, 0.3) is 0 Å². The van der Waals surface area contributed by atoms with Gasteiger partial charge in [0.05, 0.1) is 11.4 Å². The van der Waals surface area contributed by atoms with Crippen LogP contribution in [-0.4, -0.2) is 11.7 Å². The summed E-state index contributed by atoms with van der Waals surface area (Å²) < 4.78 is 1.50. The van der Waals surface area contributed by atoms with Crippen molar-refractivity contribution in [2.24, 2.45) is 0 Å². The fourth-order valence-electron chi connectivity index (χ4n) is 2.24. The molecular weight excluding hydrogens is 421 g/mol. The van der Waals surface area contributed by atoms with Crippen LogP contribution in [0, 0.1) is 0 Å². The van der Waals surface area contributed by atoms with E-state index in [2.05, 4.69) is 37.2 Å². The number of carbonyl (C=O) groups excluding carboxylic acids is 2. The summed E-state index contributed by atoms with van der Waals surface area (Å²) in [4.78, 5) is 24.1. The van der Waals surface area contributed by atoms with Crippen molar-refractivity contribution in [3.63, 3.8) is 0 Å². The Balaban J connectivity index is 2.09. The number of fused-ring (bicyclic) bond motifs is 1. The summed E-state index contributed by atoms with van der Waals surface area (Å²) in [5.41, 5.74) is 2.38. The van der Waals surface area contributed by atoms with Crippen molar-refractivity contribution in [2.45, 2.75) is 6.42 Å². The van der Waals surface area contributed by atoms with E-state index in [0.29, 0.717) is 26.3 Å². The van der Waals surface area contributed by atoms with Gasteiger partial charge in [0.25, 0.3) is 0 Å². The third kappa shape index (κ3) is 2.78. The van der Waals surface area contributed by atoms with Crippen molar-refractivity contribution in [1.82, 2.24) is 0 Å². The first kappa shape index (κ1) is 14.8. The van der Waals surface area contributed by atoms with Gasteiger partial charge in [-0.25, -0.2) is 0 Å². The van der Waals surface area contributed by atoms with Crippen molar-refractivity contribution < 1.29 is 9.59 Å². The zero-order valence-electron chi connectivity index (χ0n) is 10.5.